The Morgan fingerprint density at radius 3 is 2.11 bits per heavy atom. The van der Waals surface area contributed by atoms with E-state index in [4.69, 9.17) is 15.9 Å². The van der Waals surface area contributed by atoms with Crippen LogP contribution < -0.4 is 5.73 Å². The number of nitrogens with two attached hydrogens (primary N) is 1. The molecule has 0 spiro atoms. The highest BCUT2D eigenvalue weighted by Gasteiger charge is 2.12. The number of nitro groups is 1. The average molecular weight is 382 g/mol. The van der Waals surface area contributed by atoms with Gasteiger partial charge in [0.05, 0.1) is 10.5 Å². The van der Waals surface area contributed by atoms with Crippen LogP contribution in [0.3, 0.4) is 0 Å². The molecule has 0 saturated heterocycles. The highest BCUT2D eigenvalue weighted by Crippen LogP contribution is 2.15. The van der Waals surface area contributed by atoms with Crippen LogP contribution in [-0.4, -0.2) is 33.1 Å². The zero-order valence-electron chi connectivity index (χ0n) is 14.7. The summed E-state index contributed by atoms with van der Waals surface area (Å²) in [6.45, 7) is 0. The van der Waals surface area contributed by atoms with Crippen LogP contribution in [-0.2, 0) is 11.2 Å². The molecule has 3 aromatic carbocycles. The van der Waals surface area contributed by atoms with Crippen molar-refractivity contribution in [2.24, 2.45) is 5.73 Å². The molecule has 0 aliphatic rings. The van der Waals surface area contributed by atoms with Crippen molar-refractivity contribution in [1.29, 1.82) is 0 Å². The fourth-order valence-corrected chi connectivity index (χ4v) is 2.42. The lowest BCUT2D eigenvalue weighted by molar-refractivity contribution is -0.384. The number of non-ortho nitro benzene ring substituents is 1. The summed E-state index contributed by atoms with van der Waals surface area (Å²) >= 11 is 0. The number of carbonyl (C=O) groups is 2. The zero-order valence-corrected chi connectivity index (χ0v) is 14.7. The Hall–Kier alpha value is -3.78. The lowest BCUT2D eigenvalue weighted by Crippen LogP contribution is -2.32. The number of nitro benzene ring substituents is 1. The summed E-state index contributed by atoms with van der Waals surface area (Å²) in [6, 6.07) is 17.5. The molecular formula is C20H18N2O6. The molecule has 8 heteroatoms. The van der Waals surface area contributed by atoms with Crippen molar-refractivity contribution in [3.05, 3.63) is 88.0 Å². The molecule has 3 aromatic rings. The maximum Gasteiger partial charge on any atom is 0.335 e. The molecule has 0 bridgehead atoms. The molecule has 0 aliphatic carbocycles. The van der Waals surface area contributed by atoms with Gasteiger partial charge in [-0.2, -0.15) is 0 Å². The Balaban J connectivity index is 0.000000202. The van der Waals surface area contributed by atoms with Gasteiger partial charge in [0.2, 0.25) is 0 Å². The lowest BCUT2D eigenvalue weighted by atomic mass is 10.1. The first-order valence-electron chi connectivity index (χ1n) is 8.21. The van der Waals surface area contributed by atoms with Gasteiger partial charge in [-0.1, -0.05) is 42.5 Å². The second-order valence-corrected chi connectivity index (χ2v) is 5.94. The molecular weight excluding hydrogens is 364 g/mol. The fourth-order valence-electron chi connectivity index (χ4n) is 2.42. The maximum absolute atomic E-state index is 10.6. The van der Waals surface area contributed by atoms with Gasteiger partial charge in [-0.25, -0.2) is 4.79 Å². The Morgan fingerprint density at radius 1 is 0.964 bits per heavy atom. The third-order valence-corrected chi connectivity index (χ3v) is 3.92. The van der Waals surface area contributed by atoms with Crippen molar-refractivity contribution in [2.45, 2.75) is 12.5 Å². The molecule has 0 aromatic heterocycles. The lowest BCUT2D eigenvalue weighted by Gasteiger charge is -2.05. The number of benzene rings is 3. The van der Waals surface area contributed by atoms with Gasteiger partial charge in [-0.05, 0) is 34.9 Å². The molecule has 0 fully saturated rings. The fraction of sp³-hybridized carbons (Fsp3) is 0.100. The topological polar surface area (TPSA) is 144 Å². The molecule has 8 nitrogen and oxygen atoms in total. The monoisotopic (exact) mass is 382 g/mol. The smallest absolute Gasteiger partial charge is 0.335 e. The van der Waals surface area contributed by atoms with Crippen LogP contribution in [0.5, 0.6) is 0 Å². The Labute approximate surface area is 160 Å². The highest BCUT2D eigenvalue weighted by atomic mass is 16.6. The average Bonchev–Trinajstić information content (AvgIpc) is 2.68. The van der Waals surface area contributed by atoms with Crippen molar-refractivity contribution in [1.82, 2.24) is 0 Å². The van der Waals surface area contributed by atoms with Gasteiger partial charge in [0.25, 0.3) is 5.69 Å². The molecule has 0 amide bonds. The van der Waals surface area contributed by atoms with Gasteiger partial charge in [0.1, 0.15) is 6.04 Å². The second-order valence-electron chi connectivity index (χ2n) is 5.94. The molecule has 3 rings (SSSR count). The third-order valence-electron chi connectivity index (χ3n) is 3.92. The van der Waals surface area contributed by atoms with E-state index in [-0.39, 0.29) is 12.1 Å². The predicted octanol–water partition coefficient (Wildman–Crippen LogP) is 3.09. The number of fused-ring (bicyclic) bond motifs is 1. The van der Waals surface area contributed by atoms with Crippen LogP contribution in [0.4, 0.5) is 5.69 Å². The summed E-state index contributed by atoms with van der Waals surface area (Å²) in [5.41, 5.74) is 6.28. The summed E-state index contributed by atoms with van der Waals surface area (Å²) in [7, 11) is 0. The van der Waals surface area contributed by atoms with E-state index in [9.17, 15) is 19.7 Å². The maximum atomic E-state index is 10.6. The van der Waals surface area contributed by atoms with Crippen LogP contribution in [0.15, 0.2) is 66.7 Å². The zero-order chi connectivity index (χ0) is 20.7. The van der Waals surface area contributed by atoms with E-state index in [0.29, 0.717) is 11.1 Å². The van der Waals surface area contributed by atoms with Crippen molar-refractivity contribution in [3.63, 3.8) is 0 Å². The van der Waals surface area contributed by atoms with Crippen LogP contribution in [0.2, 0.25) is 0 Å². The summed E-state index contributed by atoms with van der Waals surface area (Å²) < 4.78 is 0. The number of carboxylic acids is 2. The van der Waals surface area contributed by atoms with Gasteiger partial charge in [0.15, 0.2) is 0 Å². The molecule has 0 aliphatic heterocycles. The van der Waals surface area contributed by atoms with Gasteiger partial charge >= 0.3 is 11.9 Å². The van der Waals surface area contributed by atoms with Crippen LogP contribution in [0.1, 0.15) is 15.9 Å². The number of carboxylic acid groups (broad SMARTS) is 2. The molecule has 28 heavy (non-hydrogen) atoms. The number of rotatable bonds is 5. The number of nitrogens with zero attached hydrogens (tertiary/aromatic N) is 1. The summed E-state index contributed by atoms with van der Waals surface area (Å²) in [5.74, 6) is -1.97. The number of hydrogen-bond acceptors (Lipinski definition) is 5. The third kappa shape index (κ3) is 5.61. The number of aliphatic carboxylic acids is 1. The van der Waals surface area contributed by atoms with Crippen molar-refractivity contribution < 1.29 is 24.7 Å². The van der Waals surface area contributed by atoms with E-state index in [0.717, 1.165) is 10.8 Å². The first-order valence-corrected chi connectivity index (χ1v) is 8.21. The Kier molecular flexibility index (Phi) is 6.78. The summed E-state index contributed by atoms with van der Waals surface area (Å²) in [4.78, 5) is 30.9. The van der Waals surface area contributed by atoms with Crippen molar-refractivity contribution in [2.75, 3.05) is 0 Å². The van der Waals surface area contributed by atoms with E-state index in [2.05, 4.69) is 0 Å². The van der Waals surface area contributed by atoms with Gasteiger partial charge in [-0.15, -0.1) is 0 Å². The number of aromatic carboxylic acids is 1. The summed E-state index contributed by atoms with van der Waals surface area (Å²) in [5, 5.41) is 29.6. The van der Waals surface area contributed by atoms with E-state index >= 15 is 0 Å². The molecule has 0 unspecified atom stereocenters. The number of hydrogen-bond donors (Lipinski definition) is 3. The normalized spacial score (nSPS) is 11.2. The molecule has 4 N–H and O–H groups in total. The molecule has 0 heterocycles. The van der Waals surface area contributed by atoms with E-state index in [1.807, 2.05) is 30.3 Å². The first kappa shape index (κ1) is 20.5. The summed E-state index contributed by atoms with van der Waals surface area (Å²) in [6.07, 6.45) is 0.160. The van der Waals surface area contributed by atoms with E-state index in [1.165, 1.54) is 24.3 Å². The first-order chi connectivity index (χ1) is 13.3. The Bertz CT molecular complexity index is 1000. The van der Waals surface area contributed by atoms with Gasteiger partial charge in [0, 0.05) is 12.1 Å². The van der Waals surface area contributed by atoms with Crippen LogP contribution in [0, 0.1) is 10.1 Å². The minimum absolute atomic E-state index is 0.0253. The van der Waals surface area contributed by atoms with Gasteiger partial charge in [-0.3, -0.25) is 14.9 Å². The molecule has 0 radical (unpaired) electrons. The predicted molar refractivity (Wildman–Crippen MR) is 103 cm³/mol. The van der Waals surface area contributed by atoms with Gasteiger partial charge < -0.3 is 15.9 Å². The minimum Gasteiger partial charge on any atom is -0.480 e. The van der Waals surface area contributed by atoms with E-state index < -0.39 is 22.9 Å². The SMILES string of the molecule is N[C@@H](Cc1ccc([N+](=O)[O-])cc1)C(=O)O.O=C(O)c1ccc2ccccc2c1. The molecule has 0 saturated carbocycles. The van der Waals surface area contributed by atoms with Crippen molar-refractivity contribution >= 4 is 28.4 Å². The molecule has 1 atom stereocenters. The minimum atomic E-state index is -1.09. The molecule has 144 valence electrons. The van der Waals surface area contributed by atoms with E-state index in [1.54, 1.807) is 12.1 Å². The Morgan fingerprint density at radius 2 is 1.57 bits per heavy atom. The highest BCUT2D eigenvalue weighted by molar-refractivity contribution is 5.94. The second kappa shape index (κ2) is 9.24. The van der Waals surface area contributed by atoms with Crippen molar-refractivity contribution in [3.8, 4) is 0 Å². The standard InChI is InChI=1S/C11H8O2.C9H10N2O4/c12-11(13)10-6-5-8-3-1-2-4-9(8)7-10;10-8(9(12)13)5-6-1-3-7(4-2-6)11(14)15/h1-7H,(H,12,13);1-4,8H,5,10H2,(H,12,13)/t;8-/m.0/s1. The quantitative estimate of drug-likeness (QED) is 0.454. The van der Waals surface area contributed by atoms with Crippen LogP contribution in [0.25, 0.3) is 10.8 Å². The largest absolute Gasteiger partial charge is 0.480 e. The van der Waals surface area contributed by atoms with Crippen LogP contribution >= 0.6 is 0 Å².